The number of nitrogens with two attached hydrogens (primary N) is 1. The second-order valence-corrected chi connectivity index (χ2v) is 16.9. The lowest BCUT2D eigenvalue weighted by molar-refractivity contribution is -0.245. The van der Waals surface area contributed by atoms with Crippen LogP contribution in [0.25, 0.3) is 10.8 Å². The highest BCUT2D eigenvalue weighted by Crippen LogP contribution is 2.53. The first-order valence-corrected chi connectivity index (χ1v) is 20.8. The molecule has 8 rings (SSSR count). The van der Waals surface area contributed by atoms with Gasteiger partial charge in [0.15, 0.2) is 12.1 Å². The Morgan fingerprint density at radius 2 is 1.69 bits per heavy atom. The van der Waals surface area contributed by atoms with Crippen molar-refractivity contribution in [1.29, 1.82) is 0 Å². The summed E-state index contributed by atoms with van der Waals surface area (Å²) >= 11 is 0. The summed E-state index contributed by atoms with van der Waals surface area (Å²) in [5, 5.41) is 80.8. The number of hydrogen-bond donors (Lipinski definition) is 8. The van der Waals surface area contributed by atoms with Gasteiger partial charge in [0, 0.05) is 47.4 Å². The molecule has 1 unspecified atom stereocenters. The van der Waals surface area contributed by atoms with Crippen molar-refractivity contribution in [2.75, 3.05) is 13.7 Å². The average molecular weight is 868 g/mol. The Kier molecular flexibility index (Phi) is 11.1. The number of sulfonamides is 1. The van der Waals surface area contributed by atoms with Crippen LogP contribution in [0.15, 0.2) is 99.1 Å². The molecule has 0 spiro atoms. The molecular formula is C43H41N5O13S. The Bertz CT molecular complexity index is 2810. The van der Waals surface area contributed by atoms with Gasteiger partial charge in [0.2, 0.25) is 5.78 Å². The van der Waals surface area contributed by atoms with Crippen molar-refractivity contribution >= 4 is 49.4 Å². The van der Waals surface area contributed by atoms with E-state index in [1.165, 1.54) is 55.6 Å². The molecule has 1 heterocycles. The number of rotatable bonds is 10. The molecule has 0 bridgehead atoms. The first-order valence-electron chi connectivity index (χ1n) is 19.3. The summed E-state index contributed by atoms with van der Waals surface area (Å²) < 4.78 is 45.4. The van der Waals surface area contributed by atoms with Gasteiger partial charge in [-0.2, -0.15) is 23.5 Å². The molecule has 19 heteroatoms. The normalized spacial score (nSPS) is 23.8. The lowest BCUT2D eigenvalue weighted by Crippen LogP contribution is -2.53. The molecule has 3 aliphatic rings. The van der Waals surface area contributed by atoms with Crippen LogP contribution in [0.3, 0.4) is 0 Å². The quantitative estimate of drug-likeness (QED) is 0.0418. The number of ether oxygens (including phenoxy) is 3. The summed E-state index contributed by atoms with van der Waals surface area (Å²) in [6, 6.07) is 18.8. The second kappa shape index (κ2) is 16.2. The van der Waals surface area contributed by atoms with E-state index in [1.807, 2.05) is 0 Å². The minimum Gasteiger partial charge on any atom is -0.508 e. The Balaban J connectivity index is 1.20. The number of hydrogen-bond acceptors (Lipinski definition) is 17. The van der Waals surface area contributed by atoms with Gasteiger partial charge in [0.1, 0.15) is 28.6 Å². The summed E-state index contributed by atoms with van der Waals surface area (Å²) in [5.41, 5.74) is 1.97. The van der Waals surface area contributed by atoms with Gasteiger partial charge in [-0.1, -0.05) is 36.4 Å². The maximum atomic E-state index is 14.1. The van der Waals surface area contributed by atoms with Crippen molar-refractivity contribution in [3.63, 3.8) is 0 Å². The molecule has 0 radical (unpaired) electrons. The first kappa shape index (κ1) is 42.4. The van der Waals surface area contributed by atoms with Crippen LogP contribution in [-0.4, -0.2) is 100 Å². The zero-order valence-electron chi connectivity index (χ0n) is 33.1. The minimum absolute atomic E-state index is 0.0458. The Morgan fingerprint density at radius 3 is 2.40 bits per heavy atom. The van der Waals surface area contributed by atoms with Crippen molar-refractivity contribution in [3.05, 3.63) is 112 Å². The molecule has 6 atom stereocenters. The number of phenols is 3. The summed E-state index contributed by atoms with van der Waals surface area (Å²) in [5.74, 6) is -3.25. The molecule has 0 saturated carbocycles. The topological polar surface area (TPSA) is 292 Å². The number of ketones is 2. The maximum absolute atomic E-state index is 14.1. The number of azo groups is 1. The van der Waals surface area contributed by atoms with Crippen LogP contribution >= 0.6 is 0 Å². The van der Waals surface area contributed by atoms with Crippen LogP contribution in [-0.2, 0) is 25.9 Å². The number of nitrogens with one attached hydrogen (secondary N) is 1. The van der Waals surface area contributed by atoms with E-state index in [4.69, 9.17) is 19.9 Å². The molecule has 5 aromatic rings. The van der Waals surface area contributed by atoms with Gasteiger partial charge >= 0.3 is 0 Å². The third-order valence-electron chi connectivity index (χ3n) is 11.4. The van der Waals surface area contributed by atoms with Crippen LogP contribution in [0, 0.1) is 0 Å². The Hall–Kier alpha value is -6.32. The number of aliphatic hydroxyl groups is 3. The van der Waals surface area contributed by atoms with Crippen LogP contribution in [0.2, 0.25) is 0 Å². The van der Waals surface area contributed by atoms with E-state index in [2.05, 4.69) is 20.2 Å². The highest BCUT2D eigenvalue weighted by Gasteiger charge is 2.49. The highest BCUT2D eigenvalue weighted by molar-refractivity contribution is 7.89. The largest absolute Gasteiger partial charge is 0.508 e. The molecular weight excluding hydrogens is 827 g/mol. The number of benzene rings is 5. The SMILES string of the molecule is COc1cccc2c1C(=O)c1c(O)c3c(c(O)c1C2=O)C[C@](O)(/C(CO)=N/NS(=O)(=O)c1cc(N=Nc2ccccc2)c2cc(O)ccc2c1)C[C@@H]3O[C@H]1C[C@@H](N)[C@@H](O)C(C)O1. The van der Waals surface area contributed by atoms with Crippen LogP contribution in [0.4, 0.5) is 11.4 Å². The molecule has 1 fully saturated rings. The number of aromatic hydroxyl groups is 3. The van der Waals surface area contributed by atoms with Gasteiger partial charge in [-0.05, 0) is 54.8 Å². The van der Waals surface area contributed by atoms with Crippen molar-refractivity contribution in [1.82, 2.24) is 4.83 Å². The van der Waals surface area contributed by atoms with Crippen molar-refractivity contribution in [2.45, 2.75) is 67.3 Å². The Labute approximate surface area is 353 Å². The van der Waals surface area contributed by atoms with Crippen molar-refractivity contribution in [2.24, 2.45) is 21.1 Å². The lowest BCUT2D eigenvalue weighted by atomic mass is 9.71. The number of nitrogens with zero attached hydrogens (tertiary/aromatic N) is 3. The molecule has 1 aliphatic heterocycles. The van der Waals surface area contributed by atoms with E-state index < -0.39 is 106 Å². The fourth-order valence-electron chi connectivity index (χ4n) is 8.21. The summed E-state index contributed by atoms with van der Waals surface area (Å²) in [6.07, 6.45) is -5.90. The fourth-order valence-corrected chi connectivity index (χ4v) is 9.09. The molecule has 0 amide bonds. The number of phenolic OH excluding ortho intramolecular Hbond substituents is 3. The maximum Gasteiger partial charge on any atom is 0.276 e. The van der Waals surface area contributed by atoms with Gasteiger partial charge in [0.25, 0.3) is 10.0 Å². The predicted octanol–water partition coefficient (Wildman–Crippen LogP) is 4.04. The summed E-state index contributed by atoms with van der Waals surface area (Å²) in [6.45, 7) is 0.502. The van der Waals surface area contributed by atoms with Crippen molar-refractivity contribution < 1.29 is 62.9 Å². The molecule has 5 aromatic carbocycles. The standard InChI is InChI=1S/C43H41N5O13S/c1-20-38(51)28(44)16-33(60-20)61-31-18-43(56,17-27-35(31)42(55)37-36(40(27)53)39(52)25-9-6-10-30(59-2)34(25)41(37)54)32(19-49)47-48-62(57,58)24-13-21-11-12-23(50)14-26(21)29(15-24)46-45-22-7-4-3-5-8-22/h3-15,20,28,31,33,38,48-51,53,55-56H,16-19,44H2,1-2H3/b46-45?,47-32+/t20?,28-,31+,33+,38+,43-/m1/s1. The molecule has 9 N–H and O–H groups in total. The monoisotopic (exact) mass is 867 g/mol. The third kappa shape index (κ3) is 7.42. The first-order chi connectivity index (χ1) is 29.5. The van der Waals surface area contributed by atoms with E-state index in [-0.39, 0.29) is 50.8 Å². The number of methoxy groups -OCH3 is 1. The summed E-state index contributed by atoms with van der Waals surface area (Å²) in [4.78, 5) is 29.8. The second-order valence-electron chi connectivity index (χ2n) is 15.3. The summed E-state index contributed by atoms with van der Waals surface area (Å²) in [7, 11) is -3.32. The zero-order chi connectivity index (χ0) is 44.2. The van der Waals surface area contributed by atoms with E-state index in [0.29, 0.717) is 16.5 Å². The molecule has 62 heavy (non-hydrogen) atoms. The predicted molar refractivity (Wildman–Crippen MR) is 221 cm³/mol. The van der Waals surface area contributed by atoms with Crippen LogP contribution < -0.4 is 15.3 Å². The van der Waals surface area contributed by atoms with Crippen LogP contribution in [0.1, 0.15) is 68.8 Å². The molecule has 2 aliphatic carbocycles. The van der Waals surface area contributed by atoms with Crippen LogP contribution in [0.5, 0.6) is 23.0 Å². The molecule has 18 nitrogen and oxygen atoms in total. The minimum atomic E-state index is -4.62. The number of carbonyl (C=O) groups is 2. The van der Waals surface area contributed by atoms with E-state index in [9.17, 15) is 48.6 Å². The average Bonchev–Trinajstić information content (AvgIpc) is 3.25. The molecule has 322 valence electrons. The van der Waals surface area contributed by atoms with Crippen molar-refractivity contribution in [3.8, 4) is 23.0 Å². The molecule has 0 aromatic heterocycles. The van der Waals surface area contributed by atoms with E-state index >= 15 is 0 Å². The third-order valence-corrected chi connectivity index (χ3v) is 12.5. The number of fused-ring (bicyclic) bond motifs is 4. The highest BCUT2D eigenvalue weighted by atomic mass is 32.2. The van der Waals surface area contributed by atoms with E-state index in [1.54, 1.807) is 37.3 Å². The smallest absolute Gasteiger partial charge is 0.276 e. The molecule has 1 saturated heterocycles. The Morgan fingerprint density at radius 1 is 0.952 bits per heavy atom. The number of hydrazone groups is 1. The van der Waals surface area contributed by atoms with Gasteiger partial charge < -0.3 is 50.6 Å². The number of carbonyl (C=O) groups excluding carboxylic acids is 2. The van der Waals surface area contributed by atoms with Gasteiger partial charge in [0.05, 0.1) is 70.7 Å². The van der Waals surface area contributed by atoms with Gasteiger partial charge in [-0.3, -0.25) is 9.59 Å². The fraction of sp³-hybridized carbons (Fsp3) is 0.279. The van der Waals surface area contributed by atoms with Gasteiger partial charge in [-0.25, -0.2) is 0 Å². The van der Waals surface area contributed by atoms with Gasteiger partial charge in [-0.15, -0.1) is 5.11 Å². The van der Waals surface area contributed by atoms with E-state index in [0.717, 1.165) is 0 Å². The number of aliphatic hydroxyl groups excluding tert-OH is 2. The lowest BCUT2D eigenvalue weighted by Gasteiger charge is -2.43. The zero-order valence-corrected chi connectivity index (χ0v) is 33.9.